The van der Waals surface area contributed by atoms with E-state index in [0.29, 0.717) is 52.8 Å². The molecule has 5 aromatic rings. The lowest BCUT2D eigenvalue weighted by atomic mass is 10.1. The van der Waals surface area contributed by atoms with Crippen LogP contribution < -0.4 is 30.7 Å². The topological polar surface area (TPSA) is 218 Å². The fraction of sp³-hybridized carbons (Fsp3) is 0.280. The molecule has 0 saturated heterocycles. The molecule has 5 unspecified atom stereocenters. The molecule has 21 heteroatoms. The van der Waals surface area contributed by atoms with Crippen molar-refractivity contribution in [3.8, 4) is 11.5 Å². The van der Waals surface area contributed by atoms with E-state index >= 15 is 0 Å². The van der Waals surface area contributed by atoms with Crippen LogP contribution >= 0.6 is 58.0 Å². The van der Waals surface area contributed by atoms with Crippen molar-refractivity contribution in [3.63, 3.8) is 0 Å². The van der Waals surface area contributed by atoms with Crippen LogP contribution in [-0.4, -0.2) is 60.5 Å². The number of ketones is 2. The SMILES string of the molecule is CCOc1cccc(NC(=O)c2ccc(Cl)c(N=NC(C(C)=O)C(=O)Nc3ccc(NC(=O)C(N=Nc4cc(C(=O)Nc5cccc(OCC)c5C(C)Cl)ccc4Cl)C(C)=O)c(C(C)Cl)c3)c2)c1C(C)Cl. The third-order valence-corrected chi connectivity index (χ3v) is 11.6. The number of nitrogens with zero attached hydrogens (tertiary/aromatic N) is 4. The van der Waals surface area contributed by atoms with E-state index in [-0.39, 0.29) is 43.9 Å². The Morgan fingerprint density at radius 1 is 0.535 bits per heavy atom. The summed E-state index contributed by atoms with van der Waals surface area (Å²) in [7, 11) is 0. The number of alkyl halides is 3. The zero-order valence-corrected chi connectivity index (χ0v) is 43.2. The van der Waals surface area contributed by atoms with Crippen molar-refractivity contribution >= 4 is 127 Å². The number of carbonyl (C=O) groups excluding carboxylic acids is 6. The third kappa shape index (κ3) is 14.6. The Labute approximate surface area is 435 Å². The Balaban J connectivity index is 1.30. The number of carbonyl (C=O) groups is 6. The first-order chi connectivity index (χ1) is 33.7. The maximum absolute atomic E-state index is 13.6. The Bertz CT molecular complexity index is 2890. The molecule has 0 bridgehead atoms. The quantitative estimate of drug-likeness (QED) is 0.0314. The van der Waals surface area contributed by atoms with Gasteiger partial charge in [0.2, 0.25) is 12.1 Å². The molecule has 0 saturated carbocycles. The van der Waals surface area contributed by atoms with Crippen LogP contribution in [0.3, 0.4) is 0 Å². The fourth-order valence-electron chi connectivity index (χ4n) is 6.91. The fourth-order valence-corrected chi connectivity index (χ4v) is 7.85. The molecule has 16 nitrogen and oxygen atoms in total. The molecular formula is C50H49Cl5N8O8. The number of ether oxygens (including phenoxy) is 2. The molecule has 0 fully saturated rings. The highest BCUT2D eigenvalue weighted by atomic mass is 35.5. The van der Waals surface area contributed by atoms with Crippen LogP contribution in [-0.2, 0) is 19.2 Å². The summed E-state index contributed by atoms with van der Waals surface area (Å²) in [5, 5.41) is 25.5. The van der Waals surface area contributed by atoms with Crippen LogP contribution in [0.2, 0.25) is 10.0 Å². The number of hydrogen-bond donors (Lipinski definition) is 4. The first kappa shape index (κ1) is 55.5. The molecule has 372 valence electrons. The number of azo groups is 2. The lowest BCUT2D eigenvalue weighted by Crippen LogP contribution is -2.32. The van der Waals surface area contributed by atoms with Gasteiger partial charge in [-0.3, -0.25) is 28.8 Å². The highest BCUT2D eigenvalue weighted by Crippen LogP contribution is 2.38. The van der Waals surface area contributed by atoms with Gasteiger partial charge in [-0.25, -0.2) is 0 Å². The predicted octanol–water partition coefficient (Wildman–Crippen LogP) is 13.6. The molecule has 5 rings (SSSR count). The van der Waals surface area contributed by atoms with Gasteiger partial charge in [0, 0.05) is 45.0 Å². The summed E-state index contributed by atoms with van der Waals surface area (Å²) < 4.78 is 11.4. The van der Waals surface area contributed by atoms with Crippen molar-refractivity contribution in [2.24, 2.45) is 20.5 Å². The second-order valence-corrected chi connectivity index (χ2v) is 18.4. The molecule has 0 radical (unpaired) electrons. The minimum Gasteiger partial charge on any atom is -0.493 e. The van der Waals surface area contributed by atoms with Crippen molar-refractivity contribution in [1.29, 1.82) is 0 Å². The van der Waals surface area contributed by atoms with Gasteiger partial charge in [0.1, 0.15) is 22.9 Å². The Kier molecular flexibility index (Phi) is 20.0. The Morgan fingerprint density at radius 2 is 0.972 bits per heavy atom. The molecule has 5 aromatic carbocycles. The van der Waals surface area contributed by atoms with Crippen molar-refractivity contribution in [2.75, 3.05) is 34.5 Å². The minimum atomic E-state index is -1.66. The molecule has 0 aliphatic rings. The molecule has 0 heterocycles. The van der Waals surface area contributed by atoms with Gasteiger partial charge >= 0.3 is 0 Å². The third-order valence-electron chi connectivity index (χ3n) is 10.3. The molecule has 71 heavy (non-hydrogen) atoms. The van der Waals surface area contributed by atoms with Gasteiger partial charge in [0.05, 0.1) is 39.4 Å². The maximum atomic E-state index is 13.6. The van der Waals surface area contributed by atoms with Gasteiger partial charge in [-0.05, 0) is 133 Å². The largest absolute Gasteiger partial charge is 0.493 e. The van der Waals surface area contributed by atoms with E-state index in [4.69, 9.17) is 67.5 Å². The zero-order chi connectivity index (χ0) is 52.1. The lowest BCUT2D eigenvalue weighted by Gasteiger charge is -2.17. The van der Waals surface area contributed by atoms with Crippen LogP contribution in [0.15, 0.2) is 111 Å². The summed E-state index contributed by atoms with van der Waals surface area (Å²) in [6.07, 6.45) is 0. The number of amides is 4. The Morgan fingerprint density at radius 3 is 1.37 bits per heavy atom. The van der Waals surface area contributed by atoms with Gasteiger partial charge in [0.15, 0.2) is 11.6 Å². The van der Waals surface area contributed by atoms with Crippen molar-refractivity contribution in [1.82, 2.24) is 0 Å². The molecule has 0 aromatic heterocycles. The van der Waals surface area contributed by atoms with Crippen LogP contribution in [0.4, 0.5) is 34.1 Å². The van der Waals surface area contributed by atoms with Crippen LogP contribution in [0.5, 0.6) is 11.5 Å². The first-order valence-corrected chi connectivity index (χ1v) is 24.0. The summed E-state index contributed by atoms with van der Waals surface area (Å²) in [4.78, 5) is 79.5. The molecule has 0 spiro atoms. The second kappa shape index (κ2) is 25.6. The minimum absolute atomic E-state index is 0.00185. The summed E-state index contributed by atoms with van der Waals surface area (Å²) in [6.45, 7) is 11.9. The number of benzene rings is 5. The van der Waals surface area contributed by atoms with E-state index in [2.05, 4.69) is 41.7 Å². The van der Waals surface area contributed by atoms with Gasteiger partial charge in [0.25, 0.3) is 23.6 Å². The monoisotopic (exact) mass is 1060 g/mol. The number of anilines is 4. The van der Waals surface area contributed by atoms with E-state index in [1.54, 1.807) is 57.2 Å². The molecule has 4 N–H and O–H groups in total. The number of rotatable bonds is 21. The highest BCUT2D eigenvalue weighted by Gasteiger charge is 2.27. The van der Waals surface area contributed by atoms with E-state index in [9.17, 15) is 28.8 Å². The van der Waals surface area contributed by atoms with Crippen LogP contribution in [0.1, 0.15) is 102 Å². The van der Waals surface area contributed by atoms with Gasteiger partial charge in [-0.15, -0.1) is 34.8 Å². The van der Waals surface area contributed by atoms with E-state index in [0.717, 1.165) is 13.8 Å². The summed E-state index contributed by atoms with van der Waals surface area (Å²) in [5.41, 5.74) is 3.00. The average molecular weight is 1070 g/mol. The number of halogens is 5. The van der Waals surface area contributed by atoms with E-state index in [1.807, 2.05) is 13.8 Å². The number of hydrogen-bond acceptors (Lipinski definition) is 12. The summed E-state index contributed by atoms with van der Waals surface area (Å²) in [5.74, 6) is -3.08. The summed E-state index contributed by atoms with van der Waals surface area (Å²) in [6, 6.07) is 19.8. The maximum Gasteiger partial charge on any atom is 0.258 e. The smallest absolute Gasteiger partial charge is 0.258 e. The van der Waals surface area contributed by atoms with Crippen molar-refractivity contribution in [3.05, 3.63) is 129 Å². The van der Waals surface area contributed by atoms with Crippen LogP contribution in [0, 0.1) is 0 Å². The highest BCUT2D eigenvalue weighted by molar-refractivity contribution is 6.33. The van der Waals surface area contributed by atoms with Gasteiger partial charge < -0.3 is 30.7 Å². The molecular weight excluding hydrogens is 1020 g/mol. The summed E-state index contributed by atoms with van der Waals surface area (Å²) >= 11 is 32.2. The van der Waals surface area contributed by atoms with Crippen LogP contribution in [0.25, 0.3) is 0 Å². The van der Waals surface area contributed by atoms with Crippen molar-refractivity contribution in [2.45, 2.75) is 76.7 Å². The predicted molar refractivity (Wildman–Crippen MR) is 279 cm³/mol. The number of Topliss-reactive ketones (excluding diaryl/α,β-unsaturated/α-hetero) is 2. The van der Waals surface area contributed by atoms with Gasteiger partial charge in [-0.1, -0.05) is 35.3 Å². The zero-order valence-electron chi connectivity index (χ0n) is 39.4. The van der Waals surface area contributed by atoms with Gasteiger partial charge in [-0.2, -0.15) is 20.5 Å². The second-order valence-electron chi connectivity index (χ2n) is 15.6. The molecule has 5 atom stereocenters. The normalized spacial score (nSPS) is 13.4. The Hall–Kier alpha value is -6.43. The average Bonchev–Trinajstić information content (AvgIpc) is 3.30. The molecule has 0 aliphatic carbocycles. The molecule has 4 amide bonds. The van der Waals surface area contributed by atoms with Crippen molar-refractivity contribution < 1.29 is 38.2 Å². The van der Waals surface area contributed by atoms with E-state index in [1.165, 1.54) is 54.6 Å². The molecule has 0 aliphatic heterocycles. The van der Waals surface area contributed by atoms with E-state index < -0.39 is 63.4 Å². The lowest BCUT2D eigenvalue weighted by molar-refractivity contribution is -0.127. The first-order valence-electron chi connectivity index (χ1n) is 22.0. The standard InChI is InChI=1S/C50H49Cl5N8O8/c1-8-70-41-14-10-12-37(43(41)26(4)52)58-47(66)30-16-19-34(54)39(22-30)60-62-45(28(6)64)49(68)56-32-18-21-36(33(24-32)25(3)51)57-50(69)46(29(7)65)63-61-40-23-31(17-20-35(40)55)48(67)59-38-13-11-15-42(71-9-2)44(38)27(5)53/h10-27,45-46H,8-9H2,1-7H3,(H,56,68)(H,57,69)(H,58,66)(H,59,67). The number of nitrogens with one attached hydrogen (secondary N) is 4.